The molecule has 2 amide bonds. The van der Waals surface area contributed by atoms with Crippen molar-refractivity contribution in [2.45, 2.75) is 32.7 Å². The van der Waals surface area contributed by atoms with Crippen molar-refractivity contribution in [1.82, 2.24) is 4.57 Å². The smallest absolute Gasteiger partial charge is 0.349 e. The number of aromatic nitrogens is 1. The molecule has 0 aliphatic carbocycles. The first-order valence-electron chi connectivity index (χ1n) is 15.6. The first-order chi connectivity index (χ1) is 22.3. The van der Waals surface area contributed by atoms with E-state index in [9.17, 15) is 19.2 Å². The second kappa shape index (κ2) is 11.8. The molecule has 9 nitrogen and oxygen atoms in total. The number of anilines is 3. The molecule has 1 N–H and O–H groups in total. The Balaban J connectivity index is 1.27. The predicted octanol–water partition coefficient (Wildman–Crippen LogP) is 5.81. The summed E-state index contributed by atoms with van der Waals surface area (Å²) >= 11 is 0. The van der Waals surface area contributed by atoms with Crippen LogP contribution in [-0.2, 0) is 6.54 Å². The highest BCUT2D eigenvalue weighted by atomic mass is 16.4. The Morgan fingerprint density at radius 1 is 0.913 bits per heavy atom. The molecule has 3 aromatic carbocycles. The van der Waals surface area contributed by atoms with Crippen molar-refractivity contribution in [3.63, 3.8) is 0 Å². The zero-order valence-electron chi connectivity index (χ0n) is 25.7. The van der Waals surface area contributed by atoms with E-state index in [0.717, 1.165) is 29.1 Å². The highest BCUT2D eigenvalue weighted by molar-refractivity contribution is 6.10. The van der Waals surface area contributed by atoms with Gasteiger partial charge in [-0.05, 0) is 80.3 Å². The Labute approximate surface area is 265 Å². The summed E-state index contributed by atoms with van der Waals surface area (Å²) in [5, 5.41) is 3.59. The standard InChI is InChI=1S/C37H34N4O5/c1-3-40(28-10-6-8-23(2)16-28)36(44)26-14-15-32(39-20-24-17-27(22-39)31-11-7-13-34(42)41(31)21-24)30(19-26)38-35(43)29-18-25-9-4-5-12-33(25)46-37(29)45/h4-16,18-19,24,27H,3,17,20-22H2,1-2H3,(H,38,43). The average molecular weight is 615 g/mol. The van der Waals surface area contributed by atoms with E-state index in [1.165, 1.54) is 6.07 Å². The largest absolute Gasteiger partial charge is 0.422 e. The summed E-state index contributed by atoms with van der Waals surface area (Å²) in [6, 6.07) is 27.1. The molecule has 46 heavy (non-hydrogen) atoms. The first kappa shape index (κ1) is 29.3. The summed E-state index contributed by atoms with van der Waals surface area (Å²) in [7, 11) is 0. The van der Waals surface area contributed by atoms with E-state index < -0.39 is 11.5 Å². The zero-order valence-corrected chi connectivity index (χ0v) is 25.7. The molecule has 5 aromatic rings. The van der Waals surface area contributed by atoms with E-state index in [4.69, 9.17) is 4.42 Å². The number of hydrogen-bond acceptors (Lipinski definition) is 6. The number of fused-ring (bicyclic) bond motifs is 5. The molecule has 7 rings (SSSR count). The second-order valence-electron chi connectivity index (χ2n) is 12.2. The molecule has 2 aliphatic rings. The normalized spacial score (nSPS) is 17.0. The van der Waals surface area contributed by atoms with Crippen LogP contribution in [0.15, 0.2) is 105 Å². The van der Waals surface area contributed by atoms with Gasteiger partial charge in [-0.25, -0.2) is 4.79 Å². The molecule has 9 heteroatoms. The summed E-state index contributed by atoms with van der Waals surface area (Å²) in [6.45, 7) is 6.30. The summed E-state index contributed by atoms with van der Waals surface area (Å²) in [5.41, 5.74) is 3.96. The van der Waals surface area contributed by atoms with Crippen LogP contribution in [0.25, 0.3) is 11.0 Å². The quantitative estimate of drug-likeness (QED) is 0.242. The van der Waals surface area contributed by atoms with Gasteiger partial charge in [0.25, 0.3) is 17.4 Å². The van der Waals surface area contributed by atoms with Gasteiger partial charge in [0.05, 0.1) is 11.4 Å². The molecule has 232 valence electrons. The Bertz CT molecular complexity index is 2120. The highest BCUT2D eigenvalue weighted by Crippen LogP contribution is 2.39. The van der Waals surface area contributed by atoms with Crippen LogP contribution in [0.5, 0.6) is 0 Å². The Hall–Kier alpha value is -5.44. The number of carbonyl (C=O) groups excluding carboxylic acids is 2. The Kier molecular flexibility index (Phi) is 7.52. The number of aryl methyl sites for hydroxylation is 1. The third-order valence-electron chi connectivity index (χ3n) is 9.07. The molecule has 0 radical (unpaired) electrons. The third-order valence-corrected chi connectivity index (χ3v) is 9.07. The number of amides is 2. The van der Waals surface area contributed by atoms with Crippen LogP contribution in [0, 0.1) is 12.8 Å². The monoisotopic (exact) mass is 614 g/mol. The number of benzene rings is 3. The van der Waals surface area contributed by atoms with Crippen LogP contribution < -0.4 is 26.3 Å². The fraction of sp³-hybridized carbons (Fsp3) is 0.243. The van der Waals surface area contributed by atoms with Gasteiger partial charge < -0.3 is 24.1 Å². The van der Waals surface area contributed by atoms with Crippen molar-refractivity contribution in [1.29, 1.82) is 0 Å². The minimum absolute atomic E-state index is 0.0137. The second-order valence-corrected chi connectivity index (χ2v) is 12.2. The number of hydrogen-bond donors (Lipinski definition) is 1. The fourth-order valence-corrected chi connectivity index (χ4v) is 6.94. The number of carbonyl (C=O) groups is 2. The highest BCUT2D eigenvalue weighted by Gasteiger charge is 2.35. The third kappa shape index (κ3) is 5.38. The molecule has 2 aliphatic heterocycles. The summed E-state index contributed by atoms with van der Waals surface area (Å²) < 4.78 is 7.32. The van der Waals surface area contributed by atoms with Crippen molar-refractivity contribution in [3.8, 4) is 0 Å². The van der Waals surface area contributed by atoms with Crippen molar-refractivity contribution in [3.05, 3.63) is 134 Å². The minimum Gasteiger partial charge on any atom is -0.422 e. The molecule has 0 saturated carbocycles. The van der Waals surface area contributed by atoms with Gasteiger partial charge in [0.2, 0.25) is 0 Å². The van der Waals surface area contributed by atoms with Crippen LogP contribution in [0.4, 0.5) is 17.1 Å². The van der Waals surface area contributed by atoms with E-state index in [0.29, 0.717) is 48.4 Å². The number of para-hydroxylation sites is 1. The number of pyridine rings is 1. The van der Waals surface area contributed by atoms with Gasteiger partial charge in [0, 0.05) is 60.5 Å². The minimum atomic E-state index is -0.740. The first-order valence-corrected chi connectivity index (χ1v) is 15.6. The van der Waals surface area contributed by atoms with E-state index in [1.807, 2.05) is 66.9 Å². The van der Waals surface area contributed by atoms with Crippen molar-refractivity contribution >= 4 is 39.8 Å². The number of nitrogens with zero attached hydrogens (tertiary/aromatic N) is 3. The van der Waals surface area contributed by atoms with Gasteiger partial charge in [-0.2, -0.15) is 0 Å². The molecule has 0 spiro atoms. The van der Waals surface area contributed by atoms with Gasteiger partial charge in [0.1, 0.15) is 11.1 Å². The maximum atomic E-state index is 13.9. The van der Waals surface area contributed by atoms with Crippen LogP contribution in [0.3, 0.4) is 0 Å². The van der Waals surface area contributed by atoms with Crippen LogP contribution in [-0.4, -0.2) is 36.0 Å². The van der Waals surface area contributed by atoms with E-state index in [-0.39, 0.29) is 28.9 Å². The van der Waals surface area contributed by atoms with Crippen molar-refractivity contribution in [2.75, 3.05) is 34.8 Å². The lowest BCUT2D eigenvalue weighted by Gasteiger charge is -2.44. The van der Waals surface area contributed by atoms with E-state index >= 15 is 0 Å². The number of nitrogens with one attached hydrogen (secondary N) is 1. The molecular weight excluding hydrogens is 580 g/mol. The lowest BCUT2D eigenvalue weighted by molar-refractivity contribution is 0.0985. The Morgan fingerprint density at radius 2 is 1.74 bits per heavy atom. The van der Waals surface area contributed by atoms with Crippen LogP contribution >= 0.6 is 0 Å². The lowest BCUT2D eigenvalue weighted by atomic mass is 9.83. The molecule has 1 saturated heterocycles. The topological polar surface area (TPSA) is 105 Å². The van der Waals surface area contributed by atoms with Crippen molar-refractivity contribution in [2.24, 2.45) is 5.92 Å². The lowest BCUT2D eigenvalue weighted by Crippen LogP contribution is -2.47. The summed E-state index contributed by atoms with van der Waals surface area (Å²) in [5.74, 6) is -0.453. The maximum absolute atomic E-state index is 13.9. The summed E-state index contributed by atoms with van der Waals surface area (Å²) in [4.78, 5) is 57.0. The SMILES string of the molecule is CCN(C(=O)c1ccc(N2CC3CC(C2)c2cccc(=O)n2C3)c(NC(=O)c2cc3ccccc3oc2=O)c1)c1cccc(C)c1. The zero-order chi connectivity index (χ0) is 31.9. The number of rotatable bonds is 6. The molecular formula is C37H34N4O5. The van der Waals surface area contributed by atoms with Gasteiger partial charge in [0.15, 0.2) is 0 Å². The van der Waals surface area contributed by atoms with Crippen molar-refractivity contribution < 1.29 is 14.0 Å². The predicted molar refractivity (Wildman–Crippen MR) is 179 cm³/mol. The molecule has 1 fully saturated rings. The molecule has 2 atom stereocenters. The van der Waals surface area contributed by atoms with Gasteiger partial charge in [-0.1, -0.05) is 36.4 Å². The van der Waals surface area contributed by atoms with E-state index in [2.05, 4.69) is 10.2 Å². The summed E-state index contributed by atoms with van der Waals surface area (Å²) in [6.07, 6.45) is 0.971. The molecule has 2 aromatic heterocycles. The van der Waals surface area contributed by atoms with Gasteiger partial charge >= 0.3 is 5.63 Å². The average Bonchev–Trinajstić information content (AvgIpc) is 3.05. The molecule has 2 bridgehead atoms. The Morgan fingerprint density at radius 3 is 2.57 bits per heavy atom. The van der Waals surface area contributed by atoms with Gasteiger partial charge in [-0.3, -0.25) is 14.4 Å². The number of piperidine rings is 1. The maximum Gasteiger partial charge on any atom is 0.349 e. The van der Waals surface area contributed by atoms with Gasteiger partial charge in [-0.15, -0.1) is 0 Å². The fourth-order valence-electron chi connectivity index (χ4n) is 6.94. The van der Waals surface area contributed by atoms with Crippen LogP contribution in [0.2, 0.25) is 0 Å². The van der Waals surface area contributed by atoms with Crippen LogP contribution in [0.1, 0.15) is 51.2 Å². The molecule has 4 heterocycles. The van der Waals surface area contributed by atoms with E-state index in [1.54, 1.807) is 41.3 Å². The molecule has 2 unspecified atom stereocenters.